The number of halogens is 1. The molecule has 0 atom stereocenters. The molecule has 2 N–H and O–H groups in total. The average Bonchev–Trinajstić information content (AvgIpc) is 2.01. The van der Waals surface area contributed by atoms with E-state index in [1.807, 2.05) is 0 Å². The van der Waals surface area contributed by atoms with E-state index >= 15 is 0 Å². The van der Waals surface area contributed by atoms with Gasteiger partial charge in [-0.15, -0.1) is 0 Å². The van der Waals surface area contributed by atoms with Crippen LogP contribution in [0.3, 0.4) is 0 Å². The lowest BCUT2D eigenvalue weighted by atomic mass is 10.5. The van der Waals surface area contributed by atoms with Gasteiger partial charge in [-0.25, -0.2) is 0 Å². The average molecular weight is 272 g/mol. The normalized spacial score (nSPS) is 10.8. The van der Waals surface area contributed by atoms with E-state index in [0.29, 0.717) is 17.6 Å². The Balaban J connectivity index is 3.58. The van der Waals surface area contributed by atoms with Crippen LogP contribution in [-0.2, 0) is 0 Å². The van der Waals surface area contributed by atoms with Crippen LogP contribution in [0.4, 0.5) is 0 Å². The maximum absolute atomic E-state index is 8.58. The molecule has 0 radical (unpaired) electrons. The fourth-order valence-corrected chi connectivity index (χ4v) is 0.807. The van der Waals surface area contributed by atoms with E-state index < -0.39 is 0 Å². The van der Waals surface area contributed by atoms with Gasteiger partial charge in [0.05, 0.1) is 24.1 Å². The summed E-state index contributed by atoms with van der Waals surface area (Å²) in [4.78, 5) is 5.75. The molecule has 0 aliphatic rings. The molecule has 0 aromatic rings. The van der Waals surface area contributed by atoms with Gasteiger partial charge in [0.1, 0.15) is 0 Å². The van der Waals surface area contributed by atoms with Crippen molar-refractivity contribution in [3.05, 3.63) is 0 Å². The molecular weight excluding hydrogens is 259 g/mol. The standard InChI is InChI=1S/C6H13IN2O2/c7-5-8-6-9(1-3-10)2-4-11/h6,10-11H,1-5H2. The molecule has 0 saturated carbocycles. The van der Waals surface area contributed by atoms with E-state index in [1.165, 1.54) is 0 Å². The van der Waals surface area contributed by atoms with E-state index in [2.05, 4.69) is 27.6 Å². The lowest BCUT2D eigenvalue weighted by Gasteiger charge is -2.15. The first-order valence-electron chi connectivity index (χ1n) is 3.36. The molecule has 0 aromatic heterocycles. The van der Waals surface area contributed by atoms with Crippen LogP contribution in [0.1, 0.15) is 0 Å². The molecule has 0 fully saturated rings. The Bertz CT molecular complexity index is 105. The fraction of sp³-hybridized carbons (Fsp3) is 0.833. The zero-order valence-electron chi connectivity index (χ0n) is 6.28. The molecule has 0 aliphatic heterocycles. The van der Waals surface area contributed by atoms with Crippen LogP contribution in [0.25, 0.3) is 0 Å². The van der Waals surface area contributed by atoms with Gasteiger partial charge in [-0.3, -0.25) is 4.99 Å². The third-order valence-corrected chi connectivity index (χ3v) is 1.48. The minimum atomic E-state index is 0.0905. The van der Waals surface area contributed by atoms with E-state index in [0.717, 1.165) is 0 Å². The molecule has 0 aromatic carbocycles. The van der Waals surface area contributed by atoms with E-state index in [9.17, 15) is 0 Å². The summed E-state index contributed by atoms with van der Waals surface area (Å²) >= 11 is 2.13. The Kier molecular flexibility index (Phi) is 8.31. The van der Waals surface area contributed by atoms with Crippen LogP contribution >= 0.6 is 22.6 Å². The smallest absolute Gasteiger partial charge is 0.0921 e. The quantitative estimate of drug-likeness (QED) is 0.229. The second-order valence-corrected chi connectivity index (χ2v) is 2.58. The Morgan fingerprint density at radius 3 is 2.18 bits per heavy atom. The summed E-state index contributed by atoms with van der Waals surface area (Å²) in [5, 5.41) is 17.2. The van der Waals surface area contributed by atoms with Gasteiger partial charge in [0, 0.05) is 13.1 Å². The number of hydrogen-bond donors (Lipinski definition) is 2. The van der Waals surface area contributed by atoms with Crippen molar-refractivity contribution in [1.29, 1.82) is 0 Å². The van der Waals surface area contributed by atoms with Crippen molar-refractivity contribution >= 4 is 28.9 Å². The maximum Gasteiger partial charge on any atom is 0.0921 e. The molecule has 0 bridgehead atoms. The number of nitrogens with zero attached hydrogens (tertiary/aromatic N) is 2. The highest BCUT2D eigenvalue weighted by Crippen LogP contribution is 1.85. The van der Waals surface area contributed by atoms with Crippen molar-refractivity contribution in [3.63, 3.8) is 0 Å². The largest absolute Gasteiger partial charge is 0.395 e. The van der Waals surface area contributed by atoms with Crippen LogP contribution in [0, 0.1) is 0 Å². The van der Waals surface area contributed by atoms with Crippen LogP contribution < -0.4 is 0 Å². The molecule has 0 heterocycles. The van der Waals surface area contributed by atoms with Gasteiger partial charge in [0.15, 0.2) is 0 Å². The predicted molar refractivity (Wildman–Crippen MR) is 53.1 cm³/mol. The van der Waals surface area contributed by atoms with Gasteiger partial charge < -0.3 is 15.1 Å². The van der Waals surface area contributed by atoms with E-state index in [1.54, 1.807) is 11.2 Å². The summed E-state index contributed by atoms with van der Waals surface area (Å²) in [6.45, 7) is 1.24. The summed E-state index contributed by atoms with van der Waals surface area (Å²) in [7, 11) is 0. The molecule has 66 valence electrons. The Morgan fingerprint density at radius 2 is 1.82 bits per heavy atom. The van der Waals surface area contributed by atoms with Crippen molar-refractivity contribution in [2.45, 2.75) is 0 Å². The third kappa shape index (κ3) is 6.52. The summed E-state index contributed by atoms with van der Waals surface area (Å²) in [6.07, 6.45) is 1.65. The second kappa shape index (κ2) is 8.22. The van der Waals surface area contributed by atoms with Crippen LogP contribution in [0.5, 0.6) is 0 Å². The first kappa shape index (κ1) is 11.1. The third-order valence-electron chi connectivity index (χ3n) is 1.09. The van der Waals surface area contributed by atoms with Crippen molar-refractivity contribution in [3.8, 4) is 0 Å². The predicted octanol–water partition coefficient (Wildman–Crippen LogP) is -0.306. The van der Waals surface area contributed by atoms with Crippen molar-refractivity contribution in [2.24, 2.45) is 4.99 Å². The highest BCUT2D eigenvalue weighted by molar-refractivity contribution is 14.1. The van der Waals surface area contributed by atoms with Gasteiger partial charge in [-0.1, -0.05) is 22.6 Å². The summed E-state index contributed by atoms with van der Waals surface area (Å²) < 4.78 is 0.700. The number of rotatable bonds is 6. The van der Waals surface area contributed by atoms with Gasteiger partial charge in [-0.05, 0) is 0 Å². The number of aliphatic hydroxyl groups is 2. The molecule has 0 amide bonds. The SMILES string of the molecule is OCCN(C=NCI)CCO. The molecule has 11 heavy (non-hydrogen) atoms. The molecule has 0 spiro atoms. The van der Waals surface area contributed by atoms with Crippen LogP contribution in [0.15, 0.2) is 4.99 Å². The molecule has 5 heteroatoms. The van der Waals surface area contributed by atoms with Crippen molar-refractivity contribution in [1.82, 2.24) is 4.90 Å². The fourth-order valence-electron chi connectivity index (χ4n) is 0.630. The lowest BCUT2D eigenvalue weighted by molar-refractivity contribution is 0.215. The first-order valence-corrected chi connectivity index (χ1v) is 4.89. The van der Waals surface area contributed by atoms with E-state index in [-0.39, 0.29) is 13.2 Å². The minimum absolute atomic E-state index is 0.0905. The minimum Gasteiger partial charge on any atom is -0.395 e. The Morgan fingerprint density at radius 1 is 1.27 bits per heavy atom. The molecule has 0 saturated heterocycles. The van der Waals surface area contributed by atoms with Gasteiger partial charge in [-0.2, -0.15) is 0 Å². The molecule has 0 aliphatic carbocycles. The number of aliphatic imine (C=N–C) groups is 1. The first-order chi connectivity index (χ1) is 5.35. The summed E-state index contributed by atoms with van der Waals surface area (Å²) in [5.41, 5.74) is 0. The Labute approximate surface area is 80.1 Å². The monoisotopic (exact) mass is 272 g/mol. The van der Waals surface area contributed by atoms with Gasteiger partial charge >= 0.3 is 0 Å². The molecule has 0 rings (SSSR count). The number of hydrogen-bond acceptors (Lipinski definition) is 3. The summed E-state index contributed by atoms with van der Waals surface area (Å²) in [6, 6.07) is 0. The molecule has 4 nitrogen and oxygen atoms in total. The van der Waals surface area contributed by atoms with Gasteiger partial charge in [0.2, 0.25) is 0 Å². The Hall–Kier alpha value is 0.120. The number of aliphatic hydroxyl groups excluding tert-OH is 2. The van der Waals surface area contributed by atoms with Gasteiger partial charge in [0.25, 0.3) is 0 Å². The zero-order chi connectivity index (χ0) is 8.53. The lowest BCUT2D eigenvalue weighted by Crippen LogP contribution is -2.28. The highest BCUT2D eigenvalue weighted by atomic mass is 127. The maximum atomic E-state index is 8.58. The van der Waals surface area contributed by atoms with Crippen LogP contribution in [-0.4, -0.2) is 52.3 Å². The second-order valence-electron chi connectivity index (χ2n) is 1.90. The number of alkyl halides is 1. The summed E-state index contributed by atoms with van der Waals surface area (Å²) in [5.74, 6) is 0. The van der Waals surface area contributed by atoms with Crippen molar-refractivity contribution < 1.29 is 10.2 Å². The highest BCUT2D eigenvalue weighted by Gasteiger charge is 1.95. The van der Waals surface area contributed by atoms with E-state index in [4.69, 9.17) is 10.2 Å². The molecule has 0 unspecified atom stereocenters. The van der Waals surface area contributed by atoms with Crippen molar-refractivity contribution in [2.75, 3.05) is 30.9 Å². The molecular formula is C6H13IN2O2. The topological polar surface area (TPSA) is 56.1 Å². The van der Waals surface area contributed by atoms with Crippen LogP contribution in [0.2, 0.25) is 0 Å². The zero-order valence-corrected chi connectivity index (χ0v) is 8.44.